The van der Waals surface area contributed by atoms with E-state index >= 15 is 0 Å². The first-order valence-electron chi connectivity index (χ1n) is 11.9. The third kappa shape index (κ3) is 5.75. The lowest BCUT2D eigenvalue weighted by atomic mass is 9.88. The van der Waals surface area contributed by atoms with Crippen LogP contribution in [0.15, 0.2) is 60.7 Å². The second kappa shape index (κ2) is 10.4. The average Bonchev–Trinajstić information content (AvgIpc) is 3.28. The first-order valence-corrected chi connectivity index (χ1v) is 11.9. The molecule has 4 nitrogen and oxygen atoms in total. The van der Waals surface area contributed by atoms with E-state index in [2.05, 4.69) is 65.4 Å². The highest BCUT2D eigenvalue weighted by atomic mass is 16.2. The predicted molar refractivity (Wildman–Crippen MR) is 127 cm³/mol. The highest BCUT2D eigenvalue weighted by Crippen LogP contribution is 2.29. The number of likely N-dealkylation sites (N-methyl/N-ethyl adjacent to an activating group) is 1. The van der Waals surface area contributed by atoms with E-state index < -0.39 is 0 Å². The molecular weight excluding hydrogens is 382 g/mol. The van der Waals surface area contributed by atoms with Crippen molar-refractivity contribution in [2.45, 2.75) is 37.6 Å². The minimum Gasteiger partial charge on any atom is -0.341 e. The first kappa shape index (κ1) is 22.0. The number of piperidine rings is 1. The number of benzene rings is 2. The van der Waals surface area contributed by atoms with Gasteiger partial charge in [0, 0.05) is 45.1 Å². The second-order valence-corrected chi connectivity index (χ2v) is 9.53. The van der Waals surface area contributed by atoms with Gasteiger partial charge in [-0.1, -0.05) is 60.7 Å². The largest absolute Gasteiger partial charge is 0.341 e. The van der Waals surface area contributed by atoms with Gasteiger partial charge < -0.3 is 14.7 Å². The molecule has 2 aromatic rings. The number of rotatable bonds is 7. The van der Waals surface area contributed by atoms with Crippen LogP contribution in [-0.4, -0.2) is 73.5 Å². The number of hydrogen-bond donors (Lipinski definition) is 0. The molecule has 2 aliphatic heterocycles. The average molecular weight is 420 g/mol. The van der Waals surface area contributed by atoms with Crippen LogP contribution < -0.4 is 0 Å². The van der Waals surface area contributed by atoms with Crippen molar-refractivity contribution in [3.8, 4) is 0 Å². The van der Waals surface area contributed by atoms with E-state index in [0.717, 1.165) is 25.4 Å². The SMILES string of the molecule is CN1CCC(CN2CCC(N(C)C(=O)CC(c3ccccc3)c3ccccc3)C2)CC1. The lowest BCUT2D eigenvalue weighted by Crippen LogP contribution is -2.41. The maximum absolute atomic E-state index is 13.3. The highest BCUT2D eigenvalue weighted by Gasteiger charge is 2.31. The van der Waals surface area contributed by atoms with Crippen LogP contribution in [-0.2, 0) is 4.79 Å². The Bertz CT molecular complexity index is 777. The van der Waals surface area contributed by atoms with Crippen molar-refractivity contribution in [2.75, 3.05) is 46.8 Å². The normalized spacial score (nSPS) is 20.9. The van der Waals surface area contributed by atoms with Gasteiger partial charge in [0.2, 0.25) is 5.91 Å². The van der Waals surface area contributed by atoms with Crippen LogP contribution in [0.25, 0.3) is 0 Å². The number of nitrogens with zero attached hydrogens (tertiary/aromatic N) is 3. The lowest BCUT2D eigenvalue weighted by Gasteiger charge is -2.32. The number of carbonyl (C=O) groups is 1. The molecule has 2 fully saturated rings. The van der Waals surface area contributed by atoms with Crippen LogP contribution in [0.2, 0.25) is 0 Å². The third-order valence-corrected chi connectivity index (χ3v) is 7.33. The molecule has 1 amide bonds. The van der Waals surface area contributed by atoms with Crippen LogP contribution in [0.1, 0.15) is 42.7 Å². The maximum Gasteiger partial charge on any atom is 0.223 e. The van der Waals surface area contributed by atoms with E-state index in [1.54, 1.807) is 0 Å². The minimum atomic E-state index is 0.106. The van der Waals surface area contributed by atoms with Crippen LogP contribution in [0, 0.1) is 5.92 Å². The topological polar surface area (TPSA) is 26.8 Å². The smallest absolute Gasteiger partial charge is 0.223 e. The molecule has 2 heterocycles. The second-order valence-electron chi connectivity index (χ2n) is 9.53. The summed E-state index contributed by atoms with van der Waals surface area (Å²) in [5, 5.41) is 0. The van der Waals surface area contributed by atoms with E-state index in [9.17, 15) is 4.79 Å². The summed E-state index contributed by atoms with van der Waals surface area (Å²) in [7, 11) is 4.24. The first-order chi connectivity index (χ1) is 15.1. The van der Waals surface area contributed by atoms with Crippen molar-refractivity contribution in [1.82, 2.24) is 14.7 Å². The zero-order chi connectivity index (χ0) is 21.6. The molecule has 0 saturated carbocycles. The fraction of sp³-hybridized carbons (Fsp3) is 0.519. The Hall–Kier alpha value is -2.17. The highest BCUT2D eigenvalue weighted by molar-refractivity contribution is 5.78. The Kier molecular flexibility index (Phi) is 7.41. The Morgan fingerprint density at radius 2 is 1.52 bits per heavy atom. The number of likely N-dealkylation sites (tertiary alicyclic amines) is 2. The number of hydrogen-bond acceptors (Lipinski definition) is 3. The number of carbonyl (C=O) groups excluding carboxylic acids is 1. The quantitative estimate of drug-likeness (QED) is 0.677. The summed E-state index contributed by atoms with van der Waals surface area (Å²) < 4.78 is 0. The van der Waals surface area contributed by atoms with Crippen LogP contribution >= 0.6 is 0 Å². The van der Waals surface area contributed by atoms with E-state index in [1.165, 1.54) is 43.6 Å². The standard InChI is InChI=1S/C27H37N3O/c1-28-16-13-22(14-17-28)20-30-18-15-25(21-30)29(2)27(31)19-26(23-9-5-3-6-10-23)24-11-7-4-8-12-24/h3-12,22,25-26H,13-21H2,1-2H3. The molecule has 0 radical (unpaired) electrons. The molecule has 1 atom stereocenters. The number of amides is 1. The Morgan fingerprint density at radius 3 is 2.10 bits per heavy atom. The van der Waals surface area contributed by atoms with Crippen molar-refractivity contribution in [2.24, 2.45) is 5.92 Å². The fourth-order valence-electron chi connectivity index (χ4n) is 5.23. The molecule has 0 bridgehead atoms. The van der Waals surface area contributed by atoms with E-state index in [1.807, 2.05) is 24.1 Å². The minimum absolute atomic E-state index is 0.106. The van der Waals surface area contributed by atoms with Gasteiger partial charge in [-0.05, 0) is 56.4 Å². The van der Waals surface area contributed by atoms with Crippen molar-refractivity contribution in [1.29, 1.82) is 0 Å². The Morgan fingerprint density at radius 1 is 0.935 bits per heavy atom. The summed E-state index contributed by atoms with van der Waals surface area (Å²) in [6.45, 7) is 5.79. The summed E-state index contributed by atoms with van der Waals surface area (Å²) in [5.41, 5.74) is 2.43. The molecule has 166 valence electrons. The van der Waals surface area contributed by atoms with Gasteiger partial charge in [-0.2, -0.15) is 0 Å². The van der Waals surface area contributed by atoms with Crippen LogP contribution in [0.5, 0.6) is 0 Å². The van der Waals surface area contributed by atoms with Crippen molar-refractivity contribution >= 4 is 5.91 Å². The molecule has 4 rings (SSSR count). The van der Waals surface area contributed by atoms with E-state index in [4.69, 9.17) is 0 Å². The van der Waals surface area contributed by atoms with E-state index in [-0.39, 0.29) is 11.8 Å². The summed E-state index contributed by atoms with van der Waals surface area (Å²) in [5.74, 6) is 1.18. The van der Waals surface area contributed by atoms with Gasteiger partial charge in [0.1, 0.15) is 0 Å². The molecule has 0 N–H and O–H groups in total. The molecule has 2 aromatic carbocycles. The van der Waals surface area contributed by atoms with Gasteiger partial charge >= 0.3 is 0 Å². The summed E-state index contributed by atoms with van der Waals surface area (Å²) >= 11 is 0. The van der Waals surface area contributed by atoms with Gasteiger partial charge in [-0.3, -0.25) is 4.79 Å². The molecular formula is C27H37N3O. The van der Waals surface area contributed by atoms with Gasteiger partial charge in [0.15, 0.2) is 0 Å². The molecule has 4 heteroatoms. The molecule has 0 aliphatic carbocycles. The van der Waals surface area contributed by atoms with Gasteiger partial charge in [-0.25, -0.2) is 0 Å². The third-order valence-electron chi connectivity index (χ3n) is 7.33. The van der Waals surface area contributed by atoms with Gasteiger partial charge in [-0.15, -0.1) is 0 Å². The molecule has 0 spiro atoms. The molecule has 0 aromatic heterocycles. The predicted octanol–water partition coefficient (Wildman–Crippen LogP) is 4.08. The summed E-state index contributed by atoms with van der Waals surface area (Å²) in [6.07, 6.45) is 4.23. The van der Waals surface area contributed by atoms with Crippen LogP contribution in [0.3, 0.4) is 0 Å². The monoisotopic (exact) mass is 419 g/mol. The fourth-order valence-corrected chi connectivity index (χ4v) is 5.23. The van der Waals surface area contributed by atoms with Gasteiger partial charge in [0.25, 0.3) is 0 Å². The summed E-state index contributed by atoms with van der Waals surface area (Å²) in [4.78, 5) is 20.4. The van der Waals surface area contributed by atoms with Crippen molar-refractivity contribution < 1.29 is 4.79 Å². The zero-order valence-corrected chi connectivity index (χ0v) is 19.1. The zero-order valence-electron chi connectivity index (χ0n) is 19.1. The summed E-state index contributed by atoms with van der Waals surface area (Å²) in [6, 6.07) is 21.3. The molecule has 2 saturated heterocycles. The molecule has 1 unspecified atom stereocenters. The maximum atomic E-state index is 13.3. The lowest BCUT2D eigenvalue weighted by molar-refractivity contribution is -0.132. The molecule has 2 aliphatic rings. The Labute approximate surface area is 187 Å². The van der Waals surface area contributed by atoms with Crippen molar-refractivity contribution in [3.63, 3.8) is 0 Å². The van der Waals surface area contributed by atoms with Crippen molar-refractivity contribution in [3.05, 3.63) is 71.8 Å². The Balaban J connectivity index is 1.36. The van der Waals surface area contributed by atoms with Crippen LogP contribution in [0.4, 0.5) is 0 Å². The van der Waals surface area contributed by atoms with E-state index in [0.29, 0.717) is 12.5 Å². The molecule has 31 heavy (non-hydrogen) atoms. The van der Waals surface area contributed by atoms with Gasteiger partial charge in [0.05, 0.1) is 0 Å².